The van der Waals surface area contributed by atoms with Gasteiger partial charge in [0.2, 0.25) is 5.91 Å². The first-order valence-corrected chi connectivity index (χ1v) is 11.4. The zero-order chi connectivity index (χ0) is 19.0. The number of hydrogen-bond acceptors (Lipinski definition) is 5. The van der Waals surface area contributed by atoms with Crippen molar-refractivity contribution < 1.29 is 18.3 Å². The van der Waals surface area contributed by atoms with Gasteiger partial charge in [0.15, 0.2) is 9.84 Å². The number of benzene rings is 1. The second-order valence-electron chi connectivity index (χ2n) is 6.32. The molecule has 0 aliphatic heterocycles. The predicted octanol–water partition coefficient (Wildman–Crippen LogP) is 2.76. The maximum atomic E-state index is 12.0. The van der Waals surface area contributed by atoms with E-state index in [-0.39, 0.29) is 23.3 Å². The first kappa shape index (κ1) is 20.6. The predicted molar refractivity (Wildman–Crippen MR) is 104 cm³/mol. The lowest BCUT2D eigenvalue weighted by molar-refractivity contribution is -0.121. The molecular formula is C19H25NO4S2. The number of aliphatic hydroxyl groups is 1. The number of thiophene rings is 1. The topological polar surface area (TPSA) is 83.5 Å². The molecule has 7 heteroatoms. The van der Waals surface area contributed by atoms with Gasteiger partial charge in [0, 0.05) is 25.8 Å². The largest absolute Gasteiger partial charge is 0.396 e. The van der Waals surface area contributed by atoms with Crippen molar-refractivity contribution in [3.05, 3.63) is 52.2 Å². The lowest BCUT2D eigenvalue weighted by atomic mass is 9.95. The van der Waals surface area contributed by atoms with Gasteiger partial charge in [-0.2, -0.15) is 11.3 Å². The minimum atomic E-state index is -3.19. The molecule has 0 saturated heterocycles. The molecule has 0 aliphatic rings. The van der Waals surface area contributed by atoms with Crippen LogP contribution >= 0.6 is 11.3 Å². The van der Waals surface area contributed by atoms with Crippen LogP contribution in [0.1, 0.15) is 36.3 Å². The number of sulfone groups is 1. The average Bonchev–Trinajstić information content (AvgIpc) is 3.13. The van der Waals surface area contributed by atoms with Gasteiger partial charge in [-0.15, -0.1) is 0 Å². The van der Waals surface area contributed by atoms with E-state index in [9.17, 15) is 18.3 Å². The molecule has 0 spiro atoms. The maximum absolute atomic E-state index is 12.0. The molecule has 0 saturated carbocycles. The number of amides is 1. The zero-order valence-corrected chi connectivity index (χ0v) is 16.5. The van der Waals surface area contributed by atoms with Gasteiger partial charge in [0.25, 0.3) is 0 Å². The third-order valence-corrected chi connectivity index (χ3v) is 6.13. The zero-order valence-electron chi connectivity index (χ0n) is 14.8. The van der Waals surface area contributed by atoms with Crippen molar-refractivity contribution in [3.63, 3.8) is 0 Å². The van der Waals surface area contributed by atoms with Crippen LogP contribution in [0.15, 0.2) is 46.0 Å². The van der Waals surface area contributed by atoms with E-state index < -0.39 is 9.84 Å². The number of aliphatic hydroxyl groups excluding tert-OH is 1. The van der Waals surface area contributed by atoms with Gasteiger partial charge in [0.05, 0.1) is 4.90 Å². The summed E-state index contributed by atoms with van der Waals surface area (Å²) in [7, 11) is -3.19. The van der Waals surface area contributed by atoms with Crippen LogP contribution in [0.25, 0.3) is 0 Å². The summed E-state index contributed by atoms with van der Waals surface area (Å²) in [4.78, 5) is 12.3. The summed E-state index contributed by atoms with van der Waals surface area (Å²) in [5, 5.41) is 16.2. The molecule has 1 atom stereocenters. The van der Waals surface area contributed by atoms with Crippen molar-refractivity contribution in [1.29, 1.82) is 0 Å². The highest BCUT2D eigenvalue weighted by Crippen LogP contribution is 2.24. The third kappa shape index (κ3) is 6.55. The van der Waals surface area contributed by atoms with Crippen LogP contribution in [0, 0.1) is 0 Å². The van der Waals surface area contributed by atoms with Gasteiger partial charge in [-0.05, 0) is 65.3 Å². The van der Waals surface area contributed by atoms with Gasteiger partial charge in [0.1, 0.15) is 0 Å². The average molecular weight is 396 g/mol. The van der Waals surface area contributed by atoms with Crippen LogP contribution in [0.5, 0.6) is 0 Å². The lowest BCUT2D eigenvalue weighted by Gasteiger charge is -2.15. The van der Waals surface area contributed by atoms with Crippen LogP contribution < -0.4 is 5.32 Å². The maximum Gasteiger partial charge on any atom is 0.220 e. The Morgan fingerprint density at radius 3 is 2.50 bits per heavy atom. The monoisotopic (exact) mass is 395 g/mol. The van der Waals surface area contributed by atoms with E-state index in [0.717, 1.165) is 12.0 Å². The van der Waals surface area contributed by atoms with Crippen LogP contribution in [0.4, 0.5) is 0 Å². The van der Waals surface area contributed by atoms with Crippen molar-refractivity contribution in [2.45, 2.75) is 36.5 Å². The first-order chi connectivity index (χ1) is 12.4. The molecule has 0 bridgehead atoms. The molecule has 2 aromatic rings. The van der Waals surface area contributed by atoms with Gasteiger partial charge in [-0.1, -0.05) is 12.1 Å². The molecular weight excluding hydrogens is 370 g/mol. The summed E-state index contributed by atoms with van der Waals surface area (Å²) < 4.78 is 22.9. The molecule has 26 heavy (non-hydrogen) atoms. The fourth-order valence-electron chi connectivity index (χ4n) is 2.78. The Labute approximate surface area is 159 Å². The Bertz CT molecular complexity index is 783. The lowest BCUT2D eigenvalue weighted by Crippen LogP contribution is -2.26. The molecule has 1 aromatic heterocycles. The molecule has 0 radical (unpaired) electrons. The van der Waals surface area contributed by atoms with Crippen molar-refractivity contribution in [1.82, 2.24) is 5.32 Å². The standard InChI is InChI=1S/C19H25NO4S2/c1-26(23,24)18-5-2-15(3-6-18)4-7-19(22)20-11-8-16(9-12-21)17-10-13-25-14-17/h2-3,5-6,10,13-14,16,21H,4,7-9,11-12H2,1H3,(H,20,22)/t16-/m1/s1. The van der Waals surface area contributed by atoms with Gasteiger partial charge < -0.3 is 10.4 Å². The molecule has 0 aliphatic carbocycles. The van der Waals surface area contributed by atoms with E-state index in [4.69, 9.17) is 0 Å². The SMILES string of the molecule is CS(=O)(=O)c1ccc(CCC(=O)NCC[C@H](CCO)c2ccsc2)cc1. The Balaban J connectivity index is 1.75. The quantitative estimate of drug-likeness (QED) is 0.648. The summed E-state index contributed by atoms with van der Waals surface area (Å²) in [6.45, 7) is 0.713. The van der Waals surface area contributed by atoms with Crippen LogP contribution in [-0.2, 0) is 21.1 Å². The Hall–Kier alpha value is -1.70. The van der Waals surface area contributed by atoms with Gasteiger partial charge >= 0.3 is 0 Å². The second-order valence-corrected chi connectivity index (χ2v) is 9.12. The number of hydrogen-bond donors (Lipinski definition) is 2. The van der Waals surface area contributed by atoms with Crippen molar-refractivity contribution >= 4 is 27.1 Å². The normalized spacial score (nSPS) is 12.7. The van der Waals surface area contributed by atoms with Gasteiger partial charge in [-0.25, -0.2) is 8.42 Å². The smallest absolute Gasteiger partial charge is 0.220 e. The van der Waals surface area contributed by atoms with Crippen LogP contribution in [-0.4, -0.2) is 38.8 Å². The minimum Gasteiger partial charge on any atom is -0.396 e. The molecule has 5 nitrogen and oxygen atoms in total. The number of aryl methyl sites for hydroxylation is 1. The second kappa shape index (κ2) is 9.85. The van der Waals surface area contributed by atoms with E-state index in [1.54, 1.807) is 35.6 Å². The fourth-order valence-corrected chi connectivity index (χ4v) is 4.15. The molecule has 1 aromatic carbocycles. The number of carbonyl (C=O) groups is 1. The fraction of sp³-hybridized carbons (Fsp3) is 0.421. The highest BCUT2D eigenvalue weighted by molar-refractivity contribution is 7.90. The number of rotatable bonds is 10. The summed E-state index contributed by atoms with van der Waals surface area (Å²) in [6, 6.07) is 8.70. The van der Waals surface area contributed by atoms with Crippen molar-refractivity contribution in [3.8, 4) is 0 Å². The molecule has 2 N–H and O–H groups in total. The summed E-state index contributed by atoms with van der Waals surface area (Å²) >= 11 is 1.64. The van der Waals surface area contributed by atoms with E-state index in [1.807, 2.05) is 5.38 Å². The highest BCUT2D eigenvalue weighted by atomic mass is 32.2. The molecule has 142 valence electrons. The number of carbonyl (C=O) groups excluding carboxylic acids is 1. The molecule has 2 rings (SSSR count). The van der Waals surface area contributed by atoms with Crippen LogP contribution in [0.2, 0.25) is 0 Å². The Morgan fingerprint density at radius 1 is 1.19 bits per heavy atom. The first-order valence-electron chi connectivity index (χ1n) is 8.59. The van der Waals surface area contributed by atoms with Crippen molar-refractivity contribution in [2.24, 2.45) is 0 Å². The van der Waals surface area contributed by atoms with Crippen molar-refractivity contribution in [2.75, 3.05) is 19.4 Å². The Morgan fingerprint density at radius 2 is 1.92 bits per heavy atom. The summed E-state index contributed by atoms with van der Waals surface area (Å²) in [6.07, 6.45) is 3.60. The number of nitrogens with one attached hydrogen (secondary N) is 1. The Kier molecular flexibility index (Phi) is 7.81. The molecule has 0 fully saturated rings. The van der Waals surface area contributed by atoms with Gasteiger partial charge in [-0.3, -0.25) is 4.79 Å². The minimum absolute atomic E-state index is 0.0229. The highest BCUT2D eigenvalue weighted by Gasteiger charge is 2.12. The van der Waals surface area contributed by atoms with E-state index in [1.165, 1.54) is 11.8 Å². The van der Waals surface area contributed by atoms with Crippen LogP contribution in [0.3, 0.4) is 0 Å². The summed E-state index contributed by atoms with van der Waals surface area (Å²) in [5.74, 6) is 0.236. The molecule has 1 amide bonds. The molecule has 0 unspecified atom stereocenters. The summed E-state index contributed by atoms with van der Waals surface area (Å²) in [5.41, 5.74) is 2.15. The van der Waals surface area contributed by atoms with E-state index >= 15 is 0 Å². The van der Waals surface area contributed by atoms with E-state index in [0.29, 0.717) is 25.8 Å². The van der Waals surface area contributed by atoms with E-state index in [2.05, 4.69) is 16.8 Å². The molecule has 1 heterocycles. The third-order valence-electron chi connectivity index (χ3n) is 4.30.